The summed E-state index contributed by atoms with van der Waals surface area (Å²) in [5.74, 6) is 0.441. The molecule has 3 rings (SSSR count). The molecule has 1 aromatic heterocycles. The minimum atomic E-state index is -0.476. The van der Waals surface area contributed by atoms with Gasteiger partial charge in [-0.15, -0.1) is 0 Å². The van der Waals surface area contributed by atoms with Gasteiger partial charge in [-0.05, 0) is 25.0 Å². The zero-order chi connectivity index (χ0) is 18.7. The lowest BCUT2D eigenvalue weighted by Gasteiger charge is -2.39. The quantitative estimate of drug-likeness (QED) is 0.718. The van der Waals surface area contributed by atoms with E-state index in [9.17, 15) is 14.4 Å². The number of hydrogen-bond donors (Lipinski definition) is 1. The van der Waals surface area contributed by atoms with Gasteiger partial charge >= 0.3 is 6.03 Å². The predicted octanol–water partition coefficient (Wildman–Crippen LogP) is 0.628. The minimum Gasteiger partial charge on any atom is -0.467 e. The molecule has 0 spiro atoms. The van der Waals surface area contributed by atoms with E-state index in [0.717, 1.165) is 17.1 Å². The fourth-order valence-corrected chi connectivity index (χ4v) is 3.17. The SMILES string of the molecule is CN1C(=O)C2C(N=CN2CCCCC(=O)NCc2ccco2)N(C)C1=O. The molecule has 9 heteroatoms. The van der Waals surface area contributed by atoms with Crippen molar-refractivity contribution in [3.63, 3.8) is 0 Å². The number of rotatable bonds is 7. The molecule has 1 saturated heterocycles. The van der Waals surface area contributed by atoms with Crippen LogP contribution in [0.25, 0.3) is 0 Å². The van der Waals surface area contributed by atoms with Crippen LogP contribution >= 0.6 is 0 Å². The molecule has 4 amide bonds. The molecule has 0 aliphatic carbocycles. The number of likely N-dealkylation sites (N-methyl/N-ethyl adjacent to an activating group) is 2. The molecule has 3 heterocycles. The molecular weight excluding hydrogens is 338 g/mol. The van der Waals surface area contributed by atoms with Gasteiger partial charge in [-0.3, -0.25) is 14.5 Å². The third-order valence-electron chi connectivity index (χ3n) is 4.69. The molecule has 0 aromatic carbocycles. The van der Waals surface area contributed by atoms with Gasteiger partial charge in [0.2, 0.25) is 5.91 Å². The molecule has 2 aliphatic rings. The second-order valence-corrected chi connectivity index (χ2v) is 6.46. The van der Waals surface area contributed by atoms with Gasteiger partial charge in [-0.1, -0.05) is 0 Å². The van der Waals surface area contributed by atoms with Gasteiger partial charge in [-0.2, -0.15) is 0 Å². The molecule has 0 bridgehead atoms. The summed E-state index contributed by atoms with van der Waals surface area (Å²) in [5, 5.41) is 2.80. The first-order valence-electron chi connectivity index (χ1n) is 8.61. The number of nitrogens with one attached hydrogen (secondary N) is 1. The van der Waals surface area contributed by atoms with E-state index < -0.39 is 12.2 Å². The predicted molar refractivity (Wildman–Crippen MR) is 93.1 cm³/mol. The first kappa shape index (κ1) is 18.0. The molecule has 1 fully saturated rings. The molecule has 0 radical (unpaired) electrons. The van der Waals surface area contributed by atoms with Crippen LogP contribution in [0, 0.1) is 0 Å². The molecule has 2 unspecified atom stereocenters. The first-order valence-corrected chi connectivity index (χ1v) is 8.61. The average molecular weight is 361 g/mol. The number of aliphatic imine (C=N–C) groups is 1. The Kier molecular flexibility index (Phi) is 5.24. The molecule has 0 saturated carbocycles. The highest BCUT2D eigenvalue weighted by Crippen LogP contribution is 2.24. The number of carbonyl (C=O) groups excluding carboxylic acids is 3. The van der Waals surface area contributed by atoms with E-state index >= 15 is 0 Å². The number of carbonyl (C=O) groups is 3. The van der Waals surface area contributed by atoms with Crippen molar-refractivity contribution in [3.8, 4) is 0 Å². The zero-order valence-electron chi connectivity index (χ0n) is 14.9. The maximum absolute atomic E-state index is 12.4. The highest BCUT2D eigenvalue weighted by Gasteiger charge is 2.48. The summed E-state index contributed by atoms with van der Waals surface area (Å²) in [7, 11) is 3.13. The maximum atomic E-state index is 12.4. The van der Waals surface area contributed by atoms with Crippen molar-refractivity contribution in [2.45, 2.75) is 38.0 Å². The summed E-state index contributed by atoms with van der Waals surface area (Å²) in [6.45, 7) is 0.993. The van der Waals surface area contributed by atoms with Gasteiger partial charge in [0.1, 0.15) is 5.76 Å². The van der Waals surface area contributed by atoms with Gasteiger partial charge in [0.15, 0.2) is 12.2 Å². The second kappa shape index (κ2) is 7.59. The normalized spacial score (nSPS) is 22.2. The molecule has 140 valence electrons. The minimum absolute atomic E-state index is 0.0341. The van der Waals surface area contributed by atoms with Crippen LogP contribution in [0.2, 0.25) is 0 Å². The molecular formula is C17H23N5O4. The molecule has 1 N–H and O–H groups in total. The van der Waals surface area contributed by atoms with Crippen LogP contribution in [0.4, 0.5) is 4.79 Å². The lowest BCUT2D eigenvalue weighted by atomic mass is 10.1. The Morgan fingerprint density at radius 2 is 2.12 bits per heavy atom. The van der Waals surface area contributed by atoms with Crippen LogP contribution in [0.5, 0.6) is 0 Å². The van der Waals surface area contributed by atoms with Gasteiger partial charge in [0.25, 0.3) is 5.91 Å². The van der Waals surface area contributed by atoms with E-state index in [1.165, 1.54) is 11.9 Å². The maximum Gasteiger partial charge on any atom is 0.328 e. The monoisotopic (exact) mass is 361 g/mol. The van der Waals surface area contributed by atoms with Crippen LogP contribution in [-0.4, -0.2) is 71.7 Å². The largest absolute Gasteiger partial charge is 0.467 e. The summed E-state index contributed by atoms with van der Waals surface area (Å²) < 4.78 is 5.16. The van der Waals surface area contributed by atoms with E-state index in [-0.39, 0.29) is 17.8 Å². The van der Waals surface area contributed by atoms with Crippen molar-refractivity contribution in [2.75, 3.05) is 20.6 Å². The van der Waals surface area contributed by atoms with Gasteiger partial charge in [-0.25, -0.2) is 9.79 Å². The Morgan fingerprint density at radius 3 is 2.85 bits per heavy atom. The van der Waals surface area contributed by atoms with Gasteiger partial charge in [0.05, 0.1) is 19.1 Å². The second-order valence-electron chi connectivity index (χ2n) is 6.46. The van der Waals surface area contributed by atoms with Gasteiger partial charge in [0, 0.05) is 27.1 Å². The number of amides is 4. The number of nitrogens with zero attached hydrogens (tertiary/aromatic N) is 4. The average Bonchev–Trinajstić information content (AvgIpc) is 3.29. The summed E-state index contributed by atoms with van der Waals surface area (Å²) in [6, 6.07) is 2.77. The lowest BCUT2D eigenvalue weighted by molar-refractivity contribution is -0.136. The Balaban J connectivity index is 1.41. The Labute approximate surface area is 151 Å². The molecule has 1 aromatic rings. The smallest absolute Gasteiger partial charge is 0.328 e. The summed E-state index contributed by atoms with van der Waals surface area (Å²) in [5.41, 5.74) is 0. The third kappa shape index (κ3) is 3.56. The number of imide groups is 1. The van der Waals surface area contributed by atoms with Crippen LogP contribution < -0.4 is 5.32 Å². The van der Waals surface area contributed by atoms with Crippen LogP contribution in [0.3, 0.4) is 0 Å². The van der Waals surface area contributed by atoms with Crippen molar-refractivity contribution in [2.24, 2.45) is 4.99 Å². The summed E-state index contributed by atoms with van der Waals surface area (Å²) >= 11 is 0. The van der Waals surface area contributed by atoms with Crippen molar-refractivity contribution in [1.82, 2.24) is 20.0 Å². The molecule has 2 atom stereocenters. The fourth-order valence-electron chi connectivity index (χ4n) is 3.17. The van der Waals surface area contributed by atoms with E-state index in [1.54, 1.807) is 25.7 Å². The van der Waals surface area contributed by atoms with Crippen molar-refractivity contribution in [3.05, 3.63) is 24.2 Å². The highest BCUT2D eigenvalue weighted by atomic mass is 16.3. The number of hydrogen-bond acceptors (Lipinski definition) is 6. The number of fused-ring (bicyclic) bond motifs is 1. The number of urea groups is 1. The lowest BCUT2D eigenvalue weighted by Crippen LogP contribution is -2.63. The van der Waals surface area contributed by atoms with E-state index in [0.29, 0.717) is 25.9 Å². The van der Waals surface area contributed by atoms with E-state index in [1.807, 2.05) is 11.0 Å². The van der Waals surface area contributed by atoms with Gasteiger partial charge < -0.3 is 19.5 Å². The molecule has 2 aliphatic heterocycles. The standard InChI is InChI=1S/C17H23N5O4/c1-20-15-14(16(24)21(2)17(20)25)22(11-19-15)8-4-3-7-13(23)18-10-12-6-5-9-26-12/h5-6,9,11,14-15H,3-4,7-8,10H2,1-2H3,(H,18,23). The van der Waals surface area contributed by atoms with E-state index in [4.69, 9.17) is 4.42 Å². The van der Waals surface area contributed by atoms with E-state index in [2.05, 4.69) is 10.3 Å². The first-order chi connectivity index (χ1) is 12.5. The highest BCUT2D eigenvalue weighted by molar-refractivity contribution is 6.01. The topological polar surface area (TPSA) is 98.5 Å². The van der Waals surface area contributed by atoms with Crippen molar-refractivity contribution >= 4 is 24.2 Å². The Morgan fingerprint density at radius 1 is 1.31 bits per heavy atom. The molecule has 9 nitrogen and oxygen atoms in total. The zero-order valence-corrected chi connectivity index (χ0v) is 14.9. The Bertz CT molecular complexity index is 702. The summed E-state index contributed by atoms with van der Waals surface area (Å²) in [6.07, 6.45) is 4.59. The van der Waals surface area contributed by atoms with Crippen molar-refractivity contribution in [1.29, 1.82) is 0 Å². The summed E-state index contributed by atoms with van der Waals surface area (Å²) in [4.78, 5) is 44.9. The van der Waals surface area contributed by atoms with Crippen molar-refractivity contribution < 1.29 is 18.8 Å². The Hall–Kier alpha value is -2.84. The van der Waals surface area contributed by atoms with Crippen LogP contribution in [0.1, 0.15) is 25.0 Å². The number of unbranched alkanes of at least 4 members (excludes halogenated alkanes) is 1. The van der Waals surface area contributed by atoms with Crippen LogP contribution in [-0.2, 0) is 16.1 Å². The number of furan rings is 1. The molecule has 26 heavy (non-hydrogen) atoms. The van der Waals surface area contributed by atoms with Crippen LogP contribution in [0.15, 0.2) is 27.8 Å². The fraction of sp³-hybridized carbons (Fsp3) is 0.529. The third-order valence-corrected chi connectivity index (χ3v) is 4.69.